The largest absolute Gasteiger partial charge is 0.387 e. The van der Waals surface area contributed by atoms with Crippen LogP contribution in [0.4, 0.5) is 4.39 Å². The Hall–Kier alpha value is -1.04. The summed E-state index contributed by atoms with van der Waals surface area (Å²) < 4.78 is 12.7. The minimum Gasteiger partial charge on any atom is -0.387 e. The Morgan fingerprint density at radius 1 is 1.26 bits per heavy atom. The number of hydrogen-bond acceptors (Lipinski definition) is 4. The number of aromatic nitrogens is 1. The summed E-state index contributed by atoms with van der Waals surface area (Å²) in [4.78, 5) is 8.70. The second-order valence-electron chi connectivity index (χ2n) is 4.98. The molecule has 0 radical (unpaired) electrons. The van der Waals surface area contributed by atoms with Crippen LogP contribution in [-0.4, -0.2) is 59.2 Å². The minimum atomic E-state index is -0.607. The first-order valence-electron chi connectivity index (χ1n) is 6.93. The maximum atomic E-state index is 12.7. The molecule has 0 saturated carbocycles. The van der Waals surface area contributed by atoms with E-state index in [-0.39, 0.29) is 5.82 Å². The van der Waals surface area contributed by atoms with Gasteiger partial charge in [-0.05, 0) is 25.1 Å². The van der Waals surface area contributed by atoms with Gasteiger partial charge in [-0.15, -0.1) is 0 Å². The third kappa shape index (κ3) is 4.23. The predicted molar refractivity (Wildman–Crippen MR) is 72.3 cm³/mol. The molecule has 1 aliphatic rings. The topological polar surface area (TPSA) is 39.6 Å². The highest BCUT2D eigenvalue weighted by atomic mass is 19.1. The molecule has 1 saturated heterocycles. The van der Waals surface area contributed by atoms with Crippen molar-refractivity contribution in [2.75, 3.05) is 39.3 Å². The van der Waals surface area contributed by atoms with Crippen LogP contribution >= 0.6 is 0 Å². The van der Waals surface area contributed by atoms with Gasteiger partial charge in [0.05, 0.1) is 18.0 Å². The van der Waals surface area contributed by atoms with E-state index >= 15 is 0 Å². The zero-order chi connectivity index (χ0) is 13.7. The van der Waals surface area contributed by atoms with Crippen molar-refractivity contribution in [1.29, 1.82) is 0 Å². The van der Waals surface area contributed by atoms with Crippen molar-refractivity contribution in [2.24, 2.45) is 0 Å². The molecule has 1 aliphatic heterocycles. The predicted octanol–water partition coefficient (Wildman–Crippen LogP) is 1.28. The van der Waals surface area contributed by atoms with Crippen LogP contribution in [0, 0.1) is 5.82 Å². The van der Waals surface area contributed by atoms with E-state index in [1.165, 1.54) is 6.07 Å². The molecule has 1 aromatic rings. The van der Waals surface area contributed by atoms with E-state index < -0.39 is 6.10 Å². The fourth-order valence-corrected chi connectivity index (χ4v) is 2.37. The Labute approximate surface area is 113 Å². The Balaban J connectivity index is 1.75. The van der Waals surface area contributed by atoms with Crippen LogP contribution in [0.5, 0.6) is 0 Å². The lowest BCUT2D eigenvalue weighted by atomic mass is 10.1. The molecule has 1 aromatic heterocycles. The number of hydrogen-bond donors (Lipinski definition) is 1. The SMILES string of the molecule is CCN1CCN(CCC(O)c2ccc(F)cn2)CC1. The molecule has 2 heterocycles. The first-order valence-corrected chi connectivity index (χ1v) is 6.93. The van der Waals surface area contributed by atoms with Crippen LogP contribution in [0.25, 0.3) is 0 Å². The Morgan fingerprint density at radius 2 is 1.95 bits per heavy atom. The van der Waals surface area contributed by atoms with Crippen molar-refractivity contribution in [3.8, 4) is 0 Å². The van der Waals surface area contributed by atoms with Gasteiger partial charge in [-0.3, -0.25) is 4.98 Å². The van der Waals surface area contributed by atoms with Crippen molar-refractivity contribution in [1.82, 2.24) is 14.8 Å². The highest BCUT2D eigenvalue weighted by Crippen LogP contribution is 2.15. The first-order chi connectivity index (χ1) is 9.19. The van der Waals surface area contributed by atoms with Gasteiger partial charge in [0, 0.05) is 32.7 Å². The molecule has 0 aromatic carbocycles. The number of aliphatic hydroxyl groups is 1. The van der Waals surface area contributed by atoms with Gasteiger partial charge < -0.3 is 14.9 Å². The van der Waals surface area contributed by atoms with Gasteiger partial charge >= 0.3 is 0 Å². The number of piperazine rings is 1. The third-order valence-electron chi connectivity index (χ3n) is 3.72. The van der Waals surface area contributed by atoms with Crippen molar-refractivity contribution < 1.29 is 9.50 Å². The van der Waals surface area contributed by atoms with Gasteiger partial charge in [0.15, 0.2) is 0 Å². The number of pyridine rings is 1. The van der Waals surface area contributed by atoms with Crippen molar-refractivity contribution >= 4 is 0 Å². The molecular formula is C14H22FN3O. The van der Waals surface area contributed by atoms with Gasteiger partial charge in [-0.25, -0.2) is 4.39 Å². The lowest BCUT2D eigenvalue weighted by molar-refractivity contribution is 0.103. The molecule has 1 atom stereocenters. The lowest BCUT2D eigenvalue weighted by Gasteiger charge is -2.34. The van der Waals surface area contributed by atoms with E-state index in [1.54, 1.807) is 6.07 Å². The summed E-state index contributed by atoms with van der Waals surface area (Å²) in [6.07, 6.45) is 1.19. The Bertz CT molecular complexity index is 377. The number of rotatable bonds is 5. The Morgan fingerprint density at radius 3 is 2.53 bits per heavy atom. The summed E-state index contributed by atoms with van der Waals surface area (Å²) in [5.74, 6) is -0.369. The second-order valence-corrected chi connectivity index (χ2v) is 4.98. The molecule has 2 rings (SSSR count). The van der Waals surface area contributed by atoms with Crippen LogP contribution in [-0.2, 0) is 0 Å². The number of nitrogens with zero attached hydrogens (tertiary/aromatic N) is 3. The smallest absolute Gasteiger partial charge is 0.141 e. The van der Waals surface area contributed by atoms with Crippen LogP contribution in [0.2, 0.25) is 0 Å². The van der Waals surface area contributed by atoms with Crippen molar-refractivity contribution in [3.63, 3.8) is 0 Å². The second kappa shape index (κ2) is 6.93. The fourth-order valence-electron chi connectivity index (χ4n) is 2.37. The Kier molecular flexibility index (Phi) is 5.24. The number of aliphatic hydroxyl groups excluding tert-OH is 1. The average Bonchev–Trinajstić information content (AvgIpc) is 2.46. The van der Waals surface area contributed by atoms with Gasteiger partial charge in [-0.1, -0.05) is 6.92 Å². The maximum Gasteiger partial charge on any atom is 0.141 e. The number of halogens is 1. The summed E-state index contributed by atoms with van der Waals surface area (Å²) >= 11 is 0. The van der Waals surface area contributed by atoms with Gasteiger partial charge in [0.1, 0.15) is 5.82 Å². The van der Waals surface area contributed by atoms with Crippen molar-refractivity contribution in [2.45, 2.75) is 19.4 Å². The lowest BCUT2D eigenvalue weighted by Crippen LogP contribution is -2.46. The molecule has 0 aliphatic carbocycles. The average molecular weight is 267 g/mol. The molecule has 0 spiro atoms. The van der Waals surface area contributed by atoms with Gasteiger partial charge in [0.25, 0.3) is 0 Å². The molecule has 1 fully saturated rings. The van der Waals surface area contributed by atoms with E-state index in [2.05, 4.69) is 21.7 Å². The first kappa shape index (κ1) is 14.4. The molecule has 0 bridgehead atoms. The third-order valence-corrected chi connectivity index (χ3v) is 3.72. The maximum absolute atomic E-state index is 12.7. The zero-order valence-electron chi connectivity index (χ0n) is 11.4. The van der Waals surface area contributed by atoms with Crippen LogP contribution in [0.3, 0.4) is 0 Å². The van der Waals surface area contributed by atoms with Gasteiger partial charge in [0.2, 0.25) is 0 Å². The fraction of sp³-hybridized carbons (Fsp3) is 0.643. The highest BCUT2D eigenvalue weighted by Gasteiger charge is 2.17. The van der Waals surface area contributed by atoms with E-state index in [0.717, 1.165) is 45.5 Å². The van der Waals surface area contributed by atoms with Crippen LogP contribution in [0.1, 0.15) is 25.1 Å². The van der Waals surface area contributed by atoms with Crippen LogP contribution in [0.15, 0.2) is 18.3 Å². The number of likely N-dealkylation sites (N-methyl/N-ethyl adjacent to an activating group) is 1. The van der Waals surface area contributed by atoms with Gasteiger partial charge in [-0.2, -0.15) is 0 Å². The molecule has 19 heavy (non-hydrogen) atoms. The summed E-state index contributed by atoms with van der Waals surface area (Å²) in [5.41, 5.74) is 0.550. The molecule has 4 nitrogen and oxygen atoms in total. The zero-order valence-corrected chi connectivity index (χ0v) is 11.4. The quantitative estimate of drug-likeness (QED) is 0.872. The molecule has 1 unspecified atom stereocenters. The van der Waals surface area contributed by atoms with E-state index in [9.17, 15) is 9.50 Å². The van der Waals surface area contributed by atoms with E-state index in [0.29, 0.717) is 12.1 Å². The molecule has 1 N–H and O–H groups in total. The summed E-state index contributed by atoms with van der Waals surface area (Å²) in [5, 5.41) is 10.0. The van der Waals surface area contributed by atoms with Crippen molar-refractivity contribution in [3.05, 3.63) is 29.8 Å². The molecular weight excluding hydrogens is 245 g/mol. The highest BCUT2D eigenvalue weighted by molar-refractivity contribution is 5.07. The molecule has 0 amide bonds. The monoisotopic (exact) mass is 267 g/mol. The van der Waals surface area contributed by atoms with Crippen LogP contribution < -0.4 is 0 Å². The normalized spacial score (nSPS) is 19.5. The summed E-state index contributed by atoms with van der Waals surface area (Å²) in [7, 11) is 0. The molecule has 106 valence electrons. The molecule has 5 heteroatoms. The standard InChI is InChI=1S/C14H22FN3O/c1-2-17-7-9-18(10-8-17)6-5-14(19)13-4-3-12(15)11-16-13/h3-4,11,14,19H,2,5-10H2,1H3. The summed E-state index contributed by atoms with van der Waals surface area (Å²) in [6, 6.07) is 2.89. The van der Waals surface area contributed by atoms with E-state index in [1.807, 2.05) is 0 Å². The minimum absolute atomic E-state index is 0.369. The van der Waals surface area contributed by atoms with E-state index in [4.69, 9.17) is 0 Å². The summed E-state index contributed by atoms with van der Waals surface area (Å²) in [6.45, 7) is 8.45.